The van der Waals surface area contributed by atoms with Crippen LogP contribution in [-0.4, -0.2) is 23.0 Å². The van der Waals surface area contributed by atoms with Crippen molar-refractivity contribution in [3.05, 3.63) is 23.8 Å². The summed E-state index contributed by atoms with van der Waals surface area (Å²) in [6.07, 6.45) is 3.50. The number of aliphatic hydroxyl groups is 1. The van der Waals surface area contributed by atoms with Crippen molar-refractivity contribution < 1.29 is 5.11 Å². The summed E-state index contributed by atoms with van der Waals surface area (Å²) in [5.74, 6) is 0.966. The molecule has 0 saturated heterocycles. The topological polar surface area (TPSA) is 56.0 Å². The van der Waals surface area contributed by atoms with Crippen LogP contribution >= 0.6 is 11.8 Å². The molecule has 0 radical (unpaired) electrons. The minimum atomic E-state index is -0.143. The number of rotatable bonds is 4. The van der Waals surface area contributed by atoms with Crippen molar-refractivity contribution in [2.24, 2.45) is 0 Å². The third-order valence-corrected chi connectivity index (χ3v) is 4.43. The predicted molar refractivity (Wildman–Crippen MR) is 79.4 cm³/mol. The van der Waals surface area contributed by atoms with Gasteiger partial charge in [0.1, 0.15) is 6.07 Å². The van der Waals surface area contributed by atoms with Gasteiger partial charge in [-0.25, -0.2) is 0 Å². The highest BCUT2D eigenvalue weighted by molar-refractivity contribution is 7.99. The van der Waals surface area contributed by atoms with E-state index in [9.17, 15) is 10.4 Å². The Bertz CT molecular complexity index is 462. The largest absolute Gasteiger partial charge is 0.393 e. The lowest BCUT2D eigenvalue weighted by Crippen LogP contribution is -2.28. The fourth-order valence-electron chi connectivity index (χ4n) is 2.48. The molecule has 3 nitrogen and oxygen atoms in total. The maximum absolute atomic E-state index is 9.52. The van der Waals surface area contributed by atoms with Crippen molar-refractivity contribution in [3.8, 4) is 6.07 Å². The SMILES string of the molecule is CCSc1cccc(NC2CCC(O)CC2)c1C#N. The summed E-state index contributed by atoms with van der Waals surface area (Å²) in [7, 11) is 0. The second-order valence-electron chi connectivity index (χ2n) is 4.87. The monoisotopic (exact) mass is 276 g/mol. The summed E-state index contributed by atoms with van der Waals surface area (Å²) in [5, 5.41) is 22.4. The van der Waals surface area contributed by atoms with E-state index in [-0.39, 0.29) is 6.10 Å². The van der Waals surface area contributed by atoms with Crippen LogP contribution in [0.1, 0.15) is 38.2 Å². The number of nitriles is 1. The lowest BCUT2D eigenvalue weighted by atomic mass is 9.93. The maximum atomic E-state index is 9.52. The van der Waals surface area contributed by atoms with Gasteiger partial charge in [0.2, 0.25) is 0 Å². The smallest absolute Gasteiger partial charge is 0.102 e. The fraction of sp³-hybridized carbons (Fsp3) is 0.533. The first-order valence-corrected chi connectivity index (χ1v) is 7.83. The van der Waals surface area contributed by atoms with Gasteiger partial charge in [0, 0.05) is 10.9 Å². The maximum Gasteiger partial charge on any atom is 0.102 e. The van der Waals surface area contributed by atoms with Crippen molar-refractivity contribution in [3.63, 3.8) is 0 Å². The Kier molecular flexibility index (Phi) is 5.12. The van der Waals surface area contributed by atoms with Crippen LogP contribution in [0.3, 0.4) is 0 Å². The number of nitrogens with one attached hydrogen (secondary N) is 1. The van der Waals surface area contributed by atoms with E-state index < -0.39 is 0 Å². The Hall–Kier alpha value is -1.18. The van der Waals surface area contributed by atoms with Gasteiger partial charge in [0.15, 0.2) is 0 Å². The van der Waals surface area contributed by atoms with Gasteiger partial charge in [-0.3, -0.25) is 0 Å². The van der Waals surface area contributed by atoms with Crippen LogP contribution in [0.4, 0.5) is 5.69 Å². The van der Waals surface area contributed by atoms with Crippen molar-refractivity contribution in [1.29, 1.82) is 5.26 Å². The Balaban J connectivity index is 2.11. The molecule has 1 aliphatic rings. The first kappa shape index (κ1) is 14.2. The number of hydrogen-bond acceptors (Lipinski definition) is 4. The molecule has 0 aliphatic heterocycles. The van der Waals surface area contributed by atoms with Gasteiger partial charge in [0.25, 0.3) is 0 Å². The Morgan fingerprint density at radius 2 is 2.11 bits per heavy atom. The van der Waals surface area contributed by atoms with Gasteiger partial charge in [-0.1, -0.05) is 13.0 Å². The Morgan fingerprint density at radius 3 is 2.74 bits per heavy atom. The van der Waals surface area contributed by atoms with E-state index in [2.05, 4.69) is 18.3 Å². The highest BCUT2D eigenvalue weighted by atomic mass is 32.2. The molecule has 0 bridgehead atoms. The van der Waals surface area contributed by atoms with Crippen LogP contribution in [0.5, 0.6) is 0 Å². The summed E-state index contributed by atoms with van der Waals surface area (Å²) in [6, 6.07) is 8.66. The standard InChI is InChI=1S/C15H20N2OS/c1-2-19-15-5-3-4-14(13(15)10-16)17-11-6-8-12(18)9-7-11/h3-5,11-12,17-18H,2,6-9H2,1H3. The van der Waals surface area contributed by atoms with Gasteiger partial charge in [0.05, 0.1) is 17.4 Å². The zero-order chi connectivity index (χ0) is 13.7. The van der Waals surface area contributed by atoms with Gasteiger partial charge < -0.3 is 10.4 Å². The molecule has 0 spiro atoms. The second kappa shape index (κ2) is 6.83. The molecule has 1 fully saturated rings. The van der Waals surface area contributed by atoms with Gasteiger partial charge in [-0.2, -0.15) is 5.26 Å². The lowest BCUT2D eigenvalue weighted by molar-refractivity contribution is 0.126. The predicted octanol–water partition coefficient (Wildman–Crippen LogP) is 3.39. The summed E-state index contributed by atoms with van der Waals surface area (Å²) in [5.41, 5.74) is 1.68. The number of aliphatic hydroxyl groups excluding tert-OH is 1. The van der Waals surface area contributed by atoms with E-state index in [1.165, 1.54) is 0 Å². The van der Waals surface area contributed by atoms with E-state index in [1.807, 2.05) is 18.2 Å². The number of hydrogen-bond donors (Lipinski definition) is 2. The summed E-state index contributed by atoms with van der Waals surface area (Å²) in [4.78, 5) is 1.05. The molecule has 1 aromatic rings. The van der Waals surface area contributed by atoms with Crippen molar-refractivity contribution in [2.45, 2.75) is 49.6 Å². The molecule has 1 aliphatic carbocycles. The minimum Gasteiger partial charge on any atom is -0.393 e. The van der Waals surface area contributed by atoms with E-state index in [1.54, 1.807) is 11.8 Å². The van der Waals surface area contributed by atoms with Crippen molar-refractivity contribution in [1.82, 2.24) is 0 Å². The molecule has 4 heteroatoms. The molecule has 0 amide bonds. The van der Waals surface area contributed by atoms with Gasteiger partial charge in [-0.05, 0) is 43.6 Å². The van der Waals surface area contributed by atoms with E-state index in [4.69, 9.17) is 0 Å². The minimum absolute atomic E-state index is 0.143. The summed E-state index contributed by atoms with van der Waals surface area (Å²) >= 11 is 1.70. The van der Waals surface area contributed by atoms with Crippen molar-refractivity contribution >= 4 is 17.4 Å². The Morgan fingerprint density at radius 1 is 1.37 bits per heavy atom. The molecule has 0 heterocycles. The highest BCUT2D eigenvalue weighted by Gasteiger charge is 2.20. The molecule has 1 aromatic carbocycles. The number of benzene rings is 1. The Labute approximate surface area is 119 Å². The number of nitrogens with zero attached hydrogens (tertiary/aromatic N) is 1. The molecule has 0 aromatic heterocycles. The van der Waals surface area contributed by atoms with Crippen LogP contribution in [0.25, 0.3) is 0 Å². The third-order valence-electron chi connectivity index (χ3n) is 3.49. The highest BCUT2D eigenvalue weighted by Crippen LogP contribution is 2.30. The molecule has 2 rings (SSSR count). The lowest BCUT2D eigenvalue weighted by Gasteiger charge is -2.27. The van der Waals surface area contributed by atoms with Crippen LogP contribution in [0, 0.1) is 11.3 Å². The molecule has 0 atom stereocenters. The van der Waals surface area contributed by atoms with E-state index in [0.717, 1.165) is 47.6 Å². The molecular formula is C15H20N2OS. The first-order chi connectivity index (χ1) is 9.24. The quantitative estimate of drug-likeness (QED) is 0.828. The molecular weight excluding hydrogens is 256 g/mol. The van der Waals surface area contributed by atoms with Crippen LogP contribution < -0.4 is 5.32 Å². The molecule has 102 valence electrons. The normalized spacial score (nSPS) is 22.8. The molecule has 1 saturated carbocycles. The van der Waals surface area contributed by atoms with Crippen LogP contribution in [-0.2, 0) is 0 Å². The third kappa shape index (κ3) is 3.65. The second-order valence-corrected chi connectivity index (χ2v) is 6.18. The average molecular weight is 276 g/mol. The van der Waals surface area contributed by atoms with Crippen LogP contribution in [0.2, 0.25) is 0 Å². The average Bonchev–Trinajstić information content (AvgIpc) is 2.42. The zero-order valence-corrected chi connectivity index (χ0v) is 12.0. The molecule has 0 unspecified atom stereocenters. The van der Waals surface area contributed by atoms with E-state index >= 15 is 0 Å². The number of thioether (sulfide) groups is 1. The van der Waals surface area contributed by atoms with E-state index in [0.29, 0.717) is 6.04 Å². The molecule has 2 N–H and O–H groups in total. The van der Waals surface area contributed by atoms with Crippen molar-refractivity contribution in [2.75, 3.05) is 11.1 Å². The van der Waals surface area contributed by atoms with Gasteiger partial charge in [-0.15, -0.1) is 11.8 Å². The molecule has 19 heavy (non-hydrogen) atoms. The zero-order valence-electron chi connectivity index (χ0n) is 11.2. The summed E-state index contributed by atoms with van der Waals surface area (Å²) < 4.78 is 0. The summed E-state index contributed by atoms with van der Waals surface area (Å²) in [6.45, 7) is 2.09. The fourth-order valence-corrected chi connectivity index (χ4v) is 3.27. The van der Waals surface area contributed by atoms with Gasteiger partial charge >= 0.3 is 0 Å². The first-order valence-electron chi connectivity index (χ1n) is 6.85. The number of anilines is 1. The van der Waals surface area contributed by atoms with Crippen LogP contribution in [0.15, 0.2) is 23.1 Å².